The number of hydrogen-bond donors (Lipinski definition) is 4. The van der Waals surface area contributed by atoms with Crippen molar-refractivity contribution in [3.63, 3.8) is 0 Å². The molecule has 0 saturated heterocycles. The fourth-order valence-electron chi connectivity index (χ4n) is 4.65. The second kappa shape index (κ2) is 13.8. The lowest BCUT2D eigenvalue weighted by molar-refractivity contribution is 0.0548. The number of phenols is 1. The zero-order valence-electron chi connectivity index (χ0n) is 22.7. The number of rotatable bonds is 8. The number of nitrogens with one attached hydrogen (secondary N) is 2. The Balaban J connectivity index is 0.000000324. The molecule has 43 heavy (non-hydrogen) atoms. The van der Waals surface area contributed by atoms with E-state index in [9.17, 15) is 29.0 Å². The first kappa shape index (κ1) is 31.6. The molecule has 2 heterocycles. The van der Waals surface area contributed by atoms with E-state index in [-0.39, 0.29) is 29.7 Å². The van der Waals surface area contributed by atoms with Gasteiger partial charge in [0.25, 0.3) is 5.91 Å². The Bertz CT molecular complexity index is 1730. The second-order valence-electron chi connectivity index (χ2n) is 9.41. The monoisotopic (exact) mass is 673 g/mol. The van der Waals surface area contributed by atoms with Crippen molar-refractivity contribution >= 4 is 51.2 Å². The van der Waals surface area contributed by atoms with Crippen molar-refractivity contribution in [3.8, 4) is 5.75 Å². The van der Waals surface area contributed by atoms with Gasteiger partial charge < -0.3 is 20.3 Å². The first-order valence-electron chi connectivity index (χ1n) is 12.8. The van der Waals surface area contributed by atoms with E-state index in [1.165, 1.54) is 6.08 Å². The van der Waals surface area contributed by atoms with Crippen LogP contribution in [0.25, 0.3) is 5.65 Å². The predicted molar refractivity (Wildman–Crippen MR) is 159 cm³/mol. The molecule has 0 radical (unpaired) electrons. The molecule has 0 spiro atoms. The highest BCUT2D eigenvalue weighted by Gasteiger charge is 2.29. The standard InChI is InChI=1S/C22H19FN4O5.C7H7BrClNO/c1-3-8-32-22(31)13-4-5-14-12(11(13)2)6-7-16(14)26-20(28)18-9-17(21(29)30)25-19-15(23)10-24-27(18)19;8-6-2-1-5(4-10-9)3-7(6)11/h3-5,9-10,16H,1,6-8H2,2H3,(H,26,28)(H,29,30);1-3,10-11H,4H2/t16-;/m0./s1. The molecule has 2 aromatic carbocycles. The molecule has 2 aromatic heterocycles. The van der Waals surface area contributed by atoms with Crippen LogP contribution in [0.15, 0.2) is 59.7 Å². The summed E-state index contributed by atoms with van der Waals surface area (Å²) >= 11 is 8.46. The zero-order valence-corrected chi connectivity index (χ0v) is 25.1. The first-order valence-corrected chi connectivity index (χ1v) is 14.0. The van der Waals surface area contributed by atoms with Gasteiger partial charge in [-0.1, -0.05) is 24.8 Å². The van der Waals surface area contributed by atoms with E-state index in [0.29, 0.717) is 29.4 Å². The molecule has 0 aliphatic heterocycles. The molecule has 0 fully saturated rings. The van der Waals surface area contributed by atoms with E-state index < -0.39 is 29.4 Å². The normalized spacial score (nSPS) is 13.5. The summed E-state index contributed by atoms with van der Waals surface area (Å²) in [5.74, 6) is -3.05. The van der Waals surface area contributed by atoms with E-state index in [0.717, 1.165) is 39.0 Å². The highest BCUT2D eigenvalue weighted by atomic mass is 79.9. The number of carbonyl (C=O) groups excluding carboxylic acids is 2. The van der Waals surface area contributed by atoms with Crippen molar-refractivity contribution in [2.45, 2.75) is 32.4 Å². The Morgan fingerprint density at radius 1 is 1.28 bits per heavy atom. The molecule has 1 aliphatic rings. The van der Waals surface area contributed by atoms with Crippen LogP contribution in [-0.4, -0.2) is 49.3 Å². The minimum atomic E-state index is -1.39. The fraction of sp³-hybridized carbons (Fsp3) is 0.207. The molecule has 0 unspecified atom stereocenters. The van der Waals surface area contributed by atoms with Gasteiger partial charge in [0, 0.05) is 12.6 Å². The quantitative estimate of drug-likeness (QED) is 0.114. The maximum atomic E-state index is 13.9. The molecule has 14 heteroatoms. The van der Waals surface area contributed by atoms with E-state index in [2.05, 4.69) is 42.7 Å². The molecule has 1 aliphatic carbocycles. The average Bonchev–Trinajstić information content (AvgIpc) is 3.57. The smallest absolute Gasteiger partial charge is 0.354 e. The van der Waals surface area contributed by atoms with Crippen molar-refractivity contribution in [1.82, 2.24) is 24.8 Å². The van der Waals surface area contributed by atoms with Crippen molar-refractivity contribution in [3.05, 3.63) is 105 Å². The summed E-state index contributed by atoms with van der Waals surface area (Å²) < 4.78 is 20.7. The molecule has 0 bridgehead atoms. The van der Waals surface area contributed by atoms with E-state index in [1.54, 1.807) is 24.3 Å². The number of halogens is 3. The molecule has 4 N–H and O–H groups in total. The van der Waals surface area contributed by atoms with E-state index in [4.69, 9.17) is 16.5 Å². The Morgan fingerprint density at radius 2 is 2.05 bits per heavy atom. The number of carboxylic acid groups (broad SMARTS) is 1. The number of carbonyl (C=O) groups is 3. The average molecular weight is 675 g/mol. The molecule has 5 rings (SSSR count). The Labute approximate surface area is 258 Å². The van der Waals surface area contributed by atoms with Crippen LogP contribution >= 0.6 is 27.7 Å². The third-order valence-corrected chi connectivity index (χ3v) is 7.52. The summed E-state index contributed by atoms with van der Waals surface area (Å²) in [7, 11) is 0. The third-order valence-electron chi connectivity index (χ3n) is 6.71. The van der Waals surface area contributed by atoms with Crippen molar-refractivity contribution < 1.29 is 33.7 Å². The zero-order chi connectivity index (χ0) is 31.3. The maximum Gasteiger partial charge on any atom is 0.354 e. The number of amides is 1. The van der Waals surface area contributed by atoms with E-state index in [1.807, 2.05) is 13.0 Å². The summed E-state index contributed by atoms with van der Waals surface area (Å²) in [6, 6.07) is 9.41. The van der Waals surface area contributed by atoms with Gasteiger partial charge in [-0.15, -0.1) is 0 Å². The van der Waals surface area contributed by atoms with Crippen LogP contribution in [0, 0.1) is 12.7 Å². The predicted octanol–water partition coefficient (Wildman–Crippen LogP) is 5.03. The molecule has 1 atom stereocenters. The Morgan fingerprint density at radius 3 is 2.72 bits per heavy atom. The number of fused-ring (bicyclic) bond motifs is 2. The highest BCUT2D eigenvalue weighted by molar-refractivity contribution is 9.10. The lowest BCUT2D eigenvalue weighted by Crippen LogP contribution is -2.29. The van der Waals surface area contributed by atoms with Crippen LogP contribution in [0.4, 0.5) is 4.39 Å². The van der Waals surface area contributed by atoms with Crippen LogP contribution in [0.2, 0.25) is 0 Å². The van der Waals surface area contributed by atoms with Gasteiger partial charge in [-0.25, -0.2) is 28.3 Å². The summed E-state index contributed by atoms with van der Waals surface area (Å²) in [4.78, 5) is 42.8. The third kappa shape index (κ3) is 7.01. The number of nitrogens with zero attached hydrogens (tertiary/aromatic N) is 3. The van der Waals surface area contributed by atoms with Gasteiger partial charge in [0.1, 0.15) is 18.1 Å². The van der Waals surface area contributed by atoms with Gasteiger partial charge in [-0.2, -0.15) is 5.10 Å². The lowest BCUT2D eigenvalue weighted by Gasteiger charge is -2.16. The lowest BCUT2D eigenvalue weighted by atomic mass is 9.98. The van der Waals surface area contributed by atoms with Crippen LogP contribution in [0.3, 0.4) is 0 Å². The number of ether oxygens (including phenoxy) is 1. The van der Waals surface area contributed by atoms with Gasteiger partial charge >= 0.3 is 11.9 Å². The summed E-state index contributed by atoms with van der Waals surface area (Å²) in [6.07, 6.45) is 3.58. The Kier molecular flexibility index (Phi) is 10.1. The van der Waals surface area contributed by atoms with Crippen LogP contribution in [0.1, 0.15) is 66.1 Å². The molecule has 4 aromatic rings. The van der Waals surface area contributed by atoms with Crippen LogP contribution in [0.5, 0.6) is 5.75 Å². The molecule has 11 nitrogen and oxygen atoms in total. The number of aromatic hydroxyl groups is 1. The fourth-order valence-corrected chi connectivity index (χ4v) is 5.05. The highest BCUT2D eigenvalue weighted by Crippen LogP contribution is 2.35. The van der Waals surface area contributed by atoms with Crippen LogP contribution in [-0.2, 0) is 17.7 Å². The van der Waals surface area contributed by atoms with E-state index >= 15 is 0 Å². The molecule has 0 saturated carbocycles. The van der Waals surface area contributed by atoms with Crippen LogP contribution < -0.4 is 10.2 Å². The largest absolute Gasteiger partial charge is 0.507 e. The maximum absolute atomic E-state index is 13.9. The van der Waals surface area contributed by atoms with Gasteiger partial charge in [-0.05, 0) is 87.9 Å². The first-order chi connectivity index (χ1) is 20.5. The van der Waals surface area contributed by atoms with Gasteiger partial charge in [0.05, 0.1) is 22.3 Å². The molecular weight excluding hydrogens is 649 g/mol. The number of esters is 1. The molecular formula is C29H26BrClFN5O6. The number of phenolic OH excluding ortho intramolecular Hbond substituents is 1. The van der Waals surface area contributed by atoms with Gasteiger partial charge in [0.2, 0.25) is 0 Å². The summed E-state index contributed by atoms with van der Waals surface area (Å²) in [6.45, 7) is 6.00. The topological polar surface area (TPSA) is 155 Å². The number of aromatic carboxylic acids is 1. The van der Waals surface area contributed by atoms with Gasteiger partial charge in [-0.3, -0.25) is 4.79 Å². The summed E-state index contributed by atoms with van der Waals surface area (Å²) in [5, 5.41) is 25.1. The van der Waals surface area contributed by atoms with Gasteiger partial charge in [0.15, 0.2) is 17.2 Å². The summed E-state index contributed by atoms with van der Waals surface area (Å²) in [5.41, 5.74) is 3.01. The minimum absolute atomic E-state index is 0.112. The van der Waals surface area contributed by atoms with Crippen molar-refractivity contribution in [2.75, 3.05) is 6.61 Å². The number of hydrogen-bond acceptors (Lipinski definition) is 8. The molecule has 224 valence electrons. The second-order valence-corrected chi connectivity index (χ2v) is 10.5. The van der Waals surface area contributed by atoms with Crippen molar-refractivity contribution in [2.24, 2.45) is 0 Å². The Hall–Kier alpha value is -4.33. The minimum Gasteiger partial charge on any atom is -0.507 e. The SMILES string of the molecule is C=CCOC(=O)c1ccc2c(c1C)CC[C@@H]2NC(=O)c1cc(C(=O)O)nc2c(F)cnn12.Oc1cc(CNCl)ccc1Br. The number of aromatic nitrogens is 3. The number of carboxylic acids is 1. The number of benzene rings is 2. The molecule has 1 amide bonds. The van der Waals surface area contributed by atoms with Crippen molar-refractivity contribution in [1.29, 1.82) is 0 Å².